The Hall–Kier alpha value is -1.45. The molecule has 2 fully saturated rings. The Labute approximate surface area is 163 Å². The van der Waals surface area contributed by atoms with Crippen LogP contribution in [0, 0.1) is 18.8 Å². The summed E-state index contributed by atoms with van der Waals surface area (Å²) in [7, 11) is -1.48. The van der Waals surface area contributed by atoms with Crippen LogP contribution in [0.4, 0.5) is 0 Å². The zero-order valence-corrected chi connectivity index (χ0v) is 17.5. The van der Waals surface area contributed by atoms with Crippen LogP contribution in [0.3, 0.4) is 0 Å². The summed E-state index contributed by atoms with van der Waals surface area (Å²) in [6, 6.07) is 0. The topological polar surface area (TPSA) is 90.0 Å². The standard InChI is InChI=1S/C18H25NO6S2/c1-11-14(16(20)24-2)18(26-15(11)17(21)25-3)27(22,23)19-9-8-12-6-4-5-7-13(12)10-19/h12-13H,4-10H2,1-3H3/t12-,13-/m1/s1. The summed E-state index contributed by atoms with van der Waals surface area (Å²) < 4.78 is 37.6. The molecule has 1 aliphatic carbocycles. The number of rotatable bonds is 4. The van der Waals surface area contributed by atoms with Crippen molar-refractivity contribution in [2.24, 2.45) is 11.8 Å². The SMILES string of the molecule is COC(=O)c1sc(S(=O)(=O)N2CC[C@H]3CCCC[C@@H]3C2)c(C(=O)OC)c1C. The second-order valence-electron chi connectivity index (χ2n) is 7.16. The number of hydrogen-bond acceptors (Lipinski definition) is 7. The Balaban J connectivity index is 2.00. The highest BCUT2D eigenvalue weighted by Gasteiger charge is 2.40. The molecule has 0 aromatic carbocycles. The van der Waals surface area contributed by atoms with E-state index in [0.29, 0.717) is 24.9 Å². The highest BCUT2D eigenvalue weighted by Crippen LogP contribution is 2.40. The highest BCUT2D eigenvalue weighted by molar-refractivity contribution is 7.91. The molecule has 1 saturated carbocycles. The van der Waals surface area contributed by atoms with Gasteiger partial charge in [0.2, 0.25) is 0 Å². The summed E-state index contributed by atoms with van der Waals surface area (Å²) >= 11 is 0.787. The summed E-state index contributed by atoms with van der Waals surface area (Å²) in [6.45, 7) is 2.45. The minimum atomic E-state index is -3.90. The lowest BCUT2D eigenvalue weighted by Crippen LogP contribution is -2.44. The molecule has 27 heavy (non-hydrogen) atoms. The Morgan fingerprint density at radius 3 is 2.30 bits per heavy atom. The molecule has 0 unspecified atom stereocenters. The van der Waals surface area contributed by atoms with Crippen molar-refractivity contribution in [2.45, 2.75) is 43.2 Å². The molecule has 1 aromatic heterocycles. The predicted octanol–water partition coefficient (Wildman–Crippen LogP) is 2.83. The van der Waals surface area contributed by atoms with Crippen molar-refractivity contribution in [1.29, 1.82) is 0 Å². The first-order chi connectivity index (χ1) is 12.8. The van der Waals surface area contributed by atoms with E-state index in [4.69, 9.17) is 9.47 Å². The van der Waals surface area contributed by atoms with Crippen LogP contribution in [0.2, 0.25) is 0 Å². The lowest BCUT2D eigenvalue weighted by atomic mass is 9.76. The normalized spacial score (nSPS) is 23.5. The summed E-state index contributed by atoms with van der Waals surface area (Å²) in [5, 5.41) is 0. The smallest absolute Gasteiger partial charge is 0.348 e. The van der Waals surface area contributed by atoms with Crippen molar-refractivity contribution < 1.29 is 27.5 Å². The quantitative estimate of drug-likeness (QED) is 0.703. The first-order valence-corrected chi connectivity index (χ1v) is 11.4. The number of esters is 2. The zero-order chi connectivity index (χ0) is 19.8. The first-order valence-electron chi connectivity index (χ1n) is 9.11. The molecule has 0 spiro atoms. The van der Waals surface area contributed by atoms with Gasteiger partial charge in [-0.1, -0.05) is 19.3 Å². The number of fused-ring (bicyclic) bond motifs is 1. The molecule has 3 rings (SSSR count). The fourth-order valence-corrected chi connectivity index (χ4v) is 7.59. The maximum Gasteiger partial charge on any atom is 0.348 e. The van der Waals surface area contributed by atoms with Crippen LogP contribution in [0.15, 0.2) is 4.21 Å². The van der Waals surface area contributed by atoms with E-state index in [9.17, 15) is 18.0 Å². The minimum Gasteiger partial charge on any atom is -0.465 e. The van der Waals surface area contributed by atoms with Crippen LogP contribution < -0.4 is 0 Å². The number of ether oxygens (including phenoxy) is 2. The van der Waals surface area contributed by atoms with E-state index in [2.05, 4.69) is 0 Å². The van der Waals surface area contributed by atoms with Gasteiger partial charge < -0.3 is 9.47 Å². The van der Waals surface area contributed by atoms with Crippen LogP contribution in [-0.4, -0.2) is 52.0 Å². The Kier molecular flexibility index (Phi) is 5.93. The van der Waals surface area contributed by atoms with Crippen LogP contribution in [0.1, 0.15) is 57.7 Å². The van der Waals surface area contributed by atoms with Crippen LogP contribution in [0.25, 0.3) is 0 Å². The molecule has 0 amide bonds. The number of sulfonamides is 1. The lowest BCUT2D eigenvalue weighted by molar-refractivity contribution is 0.0596. The largest absolute Gasteiger partial charge is 0.465 e. The molecule has 2 atom stereocenters. The maximum atomic E-state index is 13.4. The highest BCUT2D eigenvalue weighted by atomic mass is 32.2. The third-order valence-electron chi connectivity index (χ3n) is 5.70. The number of hydrogen-bond donors (Lipinski definition) is 0. The van der Waals surface area contributed by atoms with Crippen LogP contribution in [0.5, 0.6) is 0 Å². The van der Waals surface area contributed by atoms with Crippen molar-refractivity contribution >= 4 is 33.3 Å². The predicted molar refractivity (Wildman–Crippen MR) is 101 cm³/mol. The third kappa shape index (κ3) is 3.64. The molecular weight excluding hydrogens is 390 g/mol. The number of carbonyl (C=O) groups is 2. The first kappa shape index (κ1) is 20.3. The fourth-order valence-electron chi connectivity index (χ4n) is 4.20. The second kappa shape index (κ2) is 7.89. The average Bonchev–Trinajstić information content (AvgIpc) is 3.04. The van der Waals surface area contributed by atoms with E-state index < -0.39 is 22.0 Å². The van der Waals surface area contributed by atoms with E-state index >= 15 is 0 Å². The Morgan fingerprint density at radius 1 is 1.04 bits per heavy atom. The molecule has 9 heteroatoms. The molecule has 0 bridgehead atoms. The molecule has 1 aliphatic heterocycles. The minimum absolute atomic E-state index is 0.0614. The van der Waals surface area contributed by atoms with Gasteiger partial charge in [0.15, 0.2) is 4.21 Å². The molecule has 0 radical (unpaired) electrons. The van der Waals surface area contributed by atoms with Gasteiger partial charge >= 0.3 is 11.9 Å². The maximum absolute atomic E-state index is 13.4. The number of piperidine rings is 1. The van der Waals surface area contributed by atoms with Gasteiger partial charge in [-0.2, -0.15) is 4.31 Å². The molecule has 1 saturated heterocycles. The third-order valence-corrected chi connectivity index (χ3v) is 9.34. The summed E-state index contributed by atoms with van der Waals surface area (Å²) in [6.07, 6.45) is 5.39. The van der Waals surface area contributed by atoms with Gasteiger partial charge in [0.1, 0.15) is 4.88 Å². The fraction of sp³-hybridized carbons (Fsp3) is 0.667. The number of methoxy groups -OCH3 is 2. The summed E-state index contributed by atoms with van der Waals surface area (Å²) in [5.41, 5.74) is 0.221. The molecule has 2 heterocycles. The van der Waals surface area contributed by atoms with E-state index in [0.717, 1.165) is 37.0 Å². The van der Waals surface area contributed by atoms with Crippen LogP contribution >= 0.6 is 11.3 Å². The summed E-state index contributed by atoms with van der Waals surface area (Å²) in [4.78, 5) is 24.4. The number of nitrogens with zero attached hydrogens (tertiary/aromatic N) is 1. The average molecular weight is 416 g/mol. The number of carbonyl (C=O) groups excluding carboxylic acids is 2. The van der Waals surface area contributed by atoms with Crippen molar-refractivity contribution in [3.8, 4) is 0 Å². The van der Waals surface area contributed by atoms with Gasteiger partial charge in [0.25, 0.3) is 10.0 Å². The molecule has 0 N–H and O–H groups in total. The number of thiophene rings is 1. The van der Waals surface area contributed by atoms with Gasteiger partial charge in [-0.05, 0) is 37.2 Å². The van der Waals surface area contributed by atoms with Crippen LogP contribution in [-0.2, 0) is 19.5 Å². The molecule has 150 valence electrons. The Bertz CT molecular complexity index is 844. The Morgan fingerprint density at radius 2 is 1.67 bits per heavy atom. The molecular formula is C18H25NO6S2. The van der Waals surface area contributed by atoms with Gasteiger partial charge in [-0.25, -0.2) is 18.0 Å². The van der Waals surface area contributed by atoms with Gasteiger partial charge in [0.05, 0.1) is 19.8 Å². The zero-order valence-electron chi connectivity index (χ0n) is 15.8. The van der Waals surface area contributed by atoms with E-state index in [1.807, 2.05) is 0 Å². The van der Waals surface area contributed by atoms with Crippen molar-refractivity contribution in [3.05, 3.63) is 16.0 Å². The molecule has 2 aliphatic rings. The van der Waals surface area contributed by atoms with Gasteiger partial charge in [-0.3, -0.25) is 0 Å². The monoisotopic (exact) mass is 415 g/mol. The van der Waals surface area contributed by atoms with E-state index in [-0.39, 0.29) is 20.2 Å². The molecule has 1 aromatic rings. The van der Waals surface area contributed by atoms with Crippen molar-refractivity contribution in [1.82, 2.24) is 4.31 Å². The molecule has 7 nitrogen and oxygen atoms in total. The van der Waals surface area contributed by atoms with Gasteiger partial charge in [-0.15, -0.1) is 11.3 Å². The van der Waals surface area contributed by atoms with Crippen molar-refractivity contribution in [2.75, 3.05) is 27.3 Å². The lowest BCUT2D eigenvalue weighted by Gasteiger charge is -2.40. The second-order valence-corrected chi connectivity index (χ2v) is 10.3. The van der Waals surface area contributed by atoms with E-state index in [1.54, 1.807) is 6.92 Å². The van der Waals surface area contributed by atoms with Gasteiger partial charge in [0, 0.05) is 13.1 Å². The summed E-state index contributed by atoms with van der Waals surface area (Å²) in [5.74, 6) is -0.467. The van der Waals surface area contributed by atoms with E-state index in [1.165, 1.54) is 24.9 Å². The van der Waals surface area contributed by atoms with Crippen molar-refractivity contribution in [3.63, 3.8) is 0 Å².